The first-order valence-electron chi connectivity index (χ1n) is 12.9. The monoisotopic (exact) mass is 539 g/mol. The zero-order valence-electron chi connectivity index (χ0n) is 23.9. The highest BCUT2D eigenvalue weighted by atomic mass is 16.6. The number of aryl methyl sites for hydroxylation is 2. The number of hydrogen-bond donors (Lipinski definition) is 1. The number of rotatable bonds is 8. The van der Waals surface area contributed by atoms with Crippen LogP contribution in [0.2, 0.25) is 0 Å². The van der Waals surface area contributed by atoms with Crippen molar-refractivity contribution in [3.8, 4) is 0 Å². The first-order chi connectivity index (χ1) is 18.5. The van der Waals surface area contributed by atoms with E-state index in [1.807, 2.05) is 39.5 Å². The van der Waals surface area contributed by atoms with E-state index in [0.29, 0.717) is 24.8 Å². The van der Waals surface area contributed by atoms with Crippen LogP contribution in [-0.4, -0.2) is 66.2 Å². The number of anilines is 3. The third kappa shape index (κ3) is 5.69. The summed E-state index contributed by atoms with van der Waals surface area (Å²) in [5.41, 5.74) is 5.58. The zero-order chi connectivity index (χ0) is 28.5. The largest absolute Gasteiger partial charge is 0.467 e. The van der Waals surface area contributed by atoms with Crippen molar-refractivity contribution in [2.24, 2.45) is 0 Å². The molecule has 3 heterocycles. The molecule has 1 aliphatic heterocycles. The van der Waals surface area contributed by atoms with Gasteiger partial charge in [-0.2, -0.15) is 0 Å². The Morgan fingerprint density at radius 2 is 1.74 bits per heavy atom. The number of benzene rings is 1. The summed E-state index contributed by atoms with van der Waals surface area (Å²) in [5, 5.41) is 3.66. The van der Waals surface area contributed by atoms with E-state index in [-0.39, 0.29) is 6.61 Å². The molecule has 4 rings (SSSR count). The lowest BCUT2D eigenvalue weighted by atomic mass is 9.91. The van der Waals surface area contributed by atoms with Crippen LogP contribution in [0.25, 0.3) is 10.9 Å². The minimum absolute atomic E-state index is 0.143. The Morgan fingerprint density at radius 1 is 1.05 bits per heavy atom. The number of nitrogens with one attached hydrogen (secondary N) is 1. The summed E-state index contributed by atoms with van der Waals surface area (Å²) in [6, 6.07) is 2.15. The van der Waals surface area contributed by atoms with E-state index in [9.17, 15) is 9.59 Å². The molecule has 1 aliphatic rings. The van der Waals surface area contributed by atoms with Crippen LogP contribution in [0.4, 0.5) is 22.1 Å². The molecule has 3 aromatic rings. The number of aromatic nitrogens is 3. The molecule has 0 fully saturated rings. The van der Waals surface area contributed by atoms with Crippen LogP contribution < -0.4 is 10.2 Å². The minimum Gasteiger partial charge on any atom is -0.467 e. The van der Waals surface area contributed by atoms with Gasteiger partial charge in [0.2, 0.25) is 5.95 Å². The Balaban J connectivity index is 1.79. The third-order valence-electron chi connectivity index (χ3n) is 6.71. The molecule has 1 aromatic carbocycles. The van der Waals surface area contributed by atoms with Crippen LogP contribution in [0.15, 0.2) is 18.5 Å². The van der Waals surface area contributed by atoms with Gasteiger partial charge < -0.3 is 28.4 Å². The third-order valence-corrected chi connectivity index (χ3v) is 6.71. The van der Waals surface area contributed by atoms with Gasteiger partial charge in [0.25, 0.3) is 0 Å². The number of carbonyl (C=O) groups is 2. The first-order valence-corrected chi connectivity index (χ1v) is 12.9. The second-order valence-corrected chi connectivity index (χ2v) is 10.5. The van der Waals surface area contributed by atoms with E-state index in [4.69, 9.17) is 18.9 Å². The molecule has 2 aromatic heterocycles. The summed E-state index contributed by atoms with van der Waals surface area (Å²) >= 11 is 0. The minimum atomic E-state index is -0.903. The molecule has 11 heteroatoms. The smallest absolute Gasteiger partial charge is 0.411 e. The average molecular weight is 540 g/mol. The SMILES string of the molecule is COCCOC(=O)Nc1cnc(N2CCn3c(C)cc4c(C)c([C@H](OC(C)(C)C)C(=O)OC)c(C)c2c43)nc1. The topological polar surface area (TPSA) is 117 Å². The predicted octanol–water partition coefficient (Wildman–Crippen LogP) is 4.73. The zero-order valence-corrected chi connectivity index (χ0v) is 23.9. The predicted molar refractivity (Wildman–Crippen MR) is 148 cm³/mol. The second kappa shape index (κ2) is 11.2. The molecule has 0 aliphatic carbocycles. The van der Waals surface area contributed by atoms with Gasteiger partial charge in [-0.05, 0) is 58.7 Å². The fourth-order valence-electron chi connectivity index (χ4n) is 5.06. The number of amides is 1. The van der Waals surface area contributed by atoms with E-state index >= 15 is 0 Å². The number of nitrogens with zero attached hydrogens (tertiary/aromatic N) is 4. The fraction of sp³-hybridized carbons (Fsp3) is 0.500. The number of methoxy groups -OCH3 is 2. The van der Waals surface area contributed by atoms with E-state index < -0.39 is 23.8 Å². The van der Waals surface area contributed by atoms with Gasteiger partial charge in [0.15, 0.2) is 6.10 Å². The fourth-order valence-corrected chi connectivity index (χ4v) is 5.06. The van der Waals surface area contributed by atoms with E-state index in [2.05, 4.69) is 32.8 Å². The molecule has 1 amide bonds. The van der Waals surface area contributed by atoms with Crippen LogP contribution in [0.1, 0.15) is 49.3 Å². The molecule has 0 saturated heterocycles. The summed E-state index contributed by atoms with van der Waals surface area (Å²) in [7, 11) is 2.91. The summed E-state index contributed by atoms with van der Waals surface area (Å²) in [6.45, 7) is 13.7. The Bertz CT molecular complexity index is 1380. The maximum atomic E-state index is 13.0. The average Bonchev–Trinajstić information content (AvgIpc) is 3.23. The molecular weight excluding hydrogens is 502 g/mol. The van der Waals surface area contributed by atoms with Crippen molar-refractivity contribution in [2.45, 2.75) is 59.8 Å². The highest BCUT2D eigenvalue weighted by Gasteiger charge is 2.35. The number of ether oxygens (including phenoxy) is 4. The molecule has 0 unspecified atom stereocenters. The lowest BCUT2D eigenvalue weighted by molar-refractivity contribution is -0.164. The normalized spacial score (nSPS) is 13.9. The van der Waals surface area contributed by atoms with Crippen molar-refractivity contribution in [1.82, 2.24) is 14.5 Å². The van der Waals surface area contributed by atoms with Gasteiger partial charge in [-0.1, -0.05) is 0 Å². The Labute approximate surface area is 228 Å². The molecule has 1 N–H and O–H groups in total. The molecule has 39 heavy (non-hydrogen) atoms. The summed E-state index contributed by atoms with van der Waals surface area (Å²) < 4.78 is 23.7. The van der Waals surface area contributed by atoms with Crippen molar-refractivity contribution in [3.05, 3.63) is 40.8 Å². The molecule has 0 bridgehead atoms. The molecule has 1 atom stereocenters. The standard InChI is InChI=1S/C28H37N5O6/c1-16-13-20-17(2)21(24(25(34)37-8)39-28(4,5)6)18(3)22-23(20)32(16)9-10-33(22)26-29-14-19(15-30-26)31-27(35)38-12-11-36-7/h13-15,24H,9-12H2,1-8H3,(H,31,35)/t24-/m0/s1. The van der Waals surface area contributed by atoms with Crippen LogP contribution >= 0.6 is 0 Å². The molecule has 11 nitrogen and oxygen atoms in total. The lowest BCUT2D eigenvalue weighted by Crippen LogP contribution is -2.32. The van der Waals surface area contributed by atoms with Crippen LogP contribution in [0.3, 0.4) is 0 Å². The van der Waals surface area contributed by atoms with Gasteiger partial charge in [0.1, 0.15) is 6.61 Å². The number of hydrogen-bond acceptors (Lipinski definition) is 9. The molecular formula is C28H37N5O6. The van der Waals surface area contributed by atoms with E-state index in [0.717, 1.165) is 45.5 Å². The van der Waals surface area contributed by atoms with E-state index in [1.165, 1.54) is 14.2 Å². The van der Waals surface area contributed by atoms with Gasteiger partial charge in [-0.25, -0.2) is 19.6 Å². The molecule has 0 saturated carbocycles. The van der Waals surface area contributed by atoms with Crippen molar-refractivity contribution >= 4 is 40.3 Å². The van der Waals surface area contributed by atoms with Crippen molar-refractivity contribution in [3.63, 3.8) is 0 Å². The Morgan fingerprint density at radius 3 is 2.36 bits per heavy atom. The summed E-state index contributed by atoms with van der Waals surface area (Å²) in [4.78, 5) is 36.2. The van der Waals surface area contributed by atoms with Crippen LogP contribution in [0.5, 0.6) is 0 Å². The van der Waals surface area contributed by atoms with Crippen molar-refractivity contribution < 1.29 is 28.5 Å². The summed E-state index contributed by atoms with van der Waals surface area (Å²) in [6.07, 6.45) is 1.57. The Hall–Kier alpha value is -3.70. The van der Waals surface area contributed by atoms with Crippen molar-refractivity contribution in [1.29, 1.82) is 0 Å². The van der Waals surface area contributed by atoms with Gasteiger partial charge in [0.05, 0.1) is 48.6 Å². The first kappa shape index (κ1) is 28.3. The van der Waals surface area contributed by atoms with Gasteiger partial charge >= 0.3 is 12.1 Å². The lowest BCUT2D eigenvalue weighted by Gasteiger charge is -2.34. The van der Waals surface area contributed by atoms with Crippen molar-refractivity contribution in [2.75, 3.05) is 44.2 Å². The maximum Gasteiger partial charge on any atom is 0.411 e. The Kier molecular flexibility index (Phi) is 8.12. The quantitative estimate of drug-likeness (QED) is 0.320. The van der Waals surface area contributed by atoms with Gasteiger partial charge in [-0.15, -0.1) is 0 Å². The maximum absolute atomic E-state index is 13.0. The highest BCUT2D eigenvalue weighted by molar-refractivity contribution is 6.01. The van der Waals surface area contributed by atoms with Gasteiger partial charge in [-0.3, -0.25) is 5.32 Å². The van der Waals surface area contributed by atoms with Gasteiger partial charge in [0, 0.05) is 36.8 Å². The van der Waals surface area contributed by atoms with Crippen LogP contribution in [0, 0.1) is 20.8 Å². The number of carbonyl (C=O) groups excluding carboxylic acids is 2. The molecule has 0 spiro atoms. The van der Waals surface area contributed by atoms with Crippen LogP contribution in [-0.2, 0) is 30.3 Å². The number of esters is 1. The summed E-state index contributed by atoms with van der Waals surface area (Å²) in [5.74, 6) is 0.0224. The van der Waals surface area contributed by atoms with E-state index in [1.54, 1.807) is 12.4 Å². The second-order valence-electron chi connectivity index (χ2n) is 10.5. The molecule has 0 radical (unpaired) electrons. The molecule has 210 valence electrons. The highest BCUT2D eigenvalue weighted by Crippen LogP contribution is 2.45.